The van der Waals surface area contributed by atoms with Gasteiger partial charge in [0.05, 0.1) is 12.8 Å². The lowest BCUT2D eigenvalue weighted by molar-refractivity contribution is 0.102. The van der Waals surface area contributed by atoms with Crippen LogP contribution in [0.4, 0.5) is 10.1 Å². The molecule has 2 aromatic carbocycles. The standard InChI is InChI=1S/C18H14FN3O4/c1-26-14-7-3-6-13(9-14)22-17(24)15(10-20-18(22)25)16(23)21-12-5-2-4-11(19)8-12/h2-10H,1H3,(H,20,25)(H,21,23). The van der Waals surface area contributed by atoms with Crippen LogP contribution in [-0.2, 0) is 0 Å². The molecule has 132 valence electrons. The van der Waals surface area contributed by atoms with E-state index in [1.165, 1.54) is 37.4 Å². The number of benzene rings is 2. The van der Waals surface area contributed by atoms with Crippen LogP contribution in [0.25, 0.3) is 5.69 Å². The third-order valence-electron chi connectivity index (χ3n) is 3.62. The largest absolute Gasteiger partial charge is 0.497 e. The van der Waals surface area contributed by atoms with Gasteiger partial charge in [0, 0.05) is 18.0 Å². The summed E-state index contributed by atoms with van der Waals surface area (Å²) in [6.07, 6.45) is 1.02. The number of hydrogen-bond donors (Lipinski definition) is 2. The van der Waals surface area contributed by atoms with Gasteiger partial charge in [0.15, 0.2) is 0 Å². The zero-order valence-electron chi connectivity index (χ0n) is 13.7. The number of nitrogens with one attached hydrogen (secondary N) is 2. The van der Waals surface area contributed by atoms with E-state index in [-0.39, 0.29) is 16.9 Å². The first kappa shape index (κ1) is 17.2. The van der Waals surface area contributed by atoms with Crippen LogP contribution in [0.3, 0.4) is 0 Å². The van der Waals surface area contributed by atoms with Gasteiger partial charge in [-0.15, -0.1) is 0 Å². The third-order valence-corrected chi connectivity index (χ3v) is 3.62. The second-order valence-corrected chi connectivity index (χ2v) is 5.31. The Bertz CT molecular complexity index is 1090. The van der Waals surface area contributed by atoms with E-state index >= 15 is 0 Å². The van der Waals surface area contributed by atoms with Crippen LogP contribution in [0.5, 0.6) is 5.75 Å². The number of aromatic amines is 1. The average molecular weight is 355 g/mol. The van der Waals surface area contributed by atoms with Gasteiger partial charge in [-0.2, -0.15) is 0 Å². The fraction of sp³-hybridized carbons (Fsp3) is 0.0556. The molecule has 0 radical (unpaired) electrons. The second kappa shape index (κ2) is 7.06. The predicted molar refractivity (Wildman–Crippen MR) is 93.6 cm³/mol. The van der Waals surface area contributed by atoms with E-state index < -0.39 is 23.0 Å². The monoisotopic (exact) mass is 355 g/mol. The molecule has 3 rings (SSSR count). The molecule has 0 saturated heterocycles. The Labute approximate surface area is 146 Å². The minimum Gasteiger partial charge on any atom is -0.497 e. The van der Waals surface area contributed by atoms with Gasteiger partial charge >= 0.3 is 5.69 Å². The summed E-state index contributed by atoms with van der Waals surface area (Å²) in [6, 6.07) is 11.5. The molecule has 0 saturated carbocycles. The van der Waals surface area contributed by atoms with Crippen LogP contribution < -0.4 is 21.3 Å². The Kier molecular flexibility index (Phi) is 4.66. The SMILES string of the molecule is COc1cccc(-n2c(=O)[nH]cc(C(=O)Nc3cccc(F)c3)c2=O)c1. The second-order valence-electron chi connectivity index (χ2n) is 5.31. The van der Waals surface area contributed by atoms with E-state index in [9.17, 15) is 18.8 Å². The quantitative estimate of drug-likeness (QED) is 0.748. The summed E-state index contributed by atoms with van der Waals surface area (Å²) in [6.45, 7) is 0. The Balaban J connectivity index is 2.03. The number of ether oxygens (including phenoxy) is 1. The number of methoxy groups -OCH3 is 1. The number of hydrogen-bond acceptors (Lipinski definition) is 4. The normalized spacial score (nSPS) is 10.4. The van der Waals surface area contributed by atoms with Crippen molar-refractivity contribution in [2.75, 3.05) is 12.4 Å². The molecule has 0 aliphatic heterocycles. The van der Waals surface area contributed by atoms with E-state index in [0.29, 0.717) is 5.75 Å². The van der Waals surface area contributed by atoms with Crippen molar-refractivity contribution in [2.24, 2.45) is 0 Å². The number of nitrogens with zero attached hydrogens (tertiary/aromatic N) is 1. The molecule has 0 aliphatic rings. The van der Waals surface area contributed by atoms with Gasteiger partial charge in [-0.25, -0.2) is 13.8 Å². The number of carbonyl (C=O) groups excluding carboxylic acids is 1. The van der Waals surface area contributed by atoms with Gasteiger partial charge in [0.1, 0.15) is 17.1 Å². The van der Waals surface area contributed by atoms with Gasteiger partial charge in [-0.05, 0) is 30.3 Å². The maximum Gasteiger partial charge on any atom is 0.333 e. The molecule has 8 heteroatoms. The molecule has 26 heavy (non-hydrogen) atoms. The van der Waals surface area contributed by atoms with E-state index in [1.54, 1.807) is 12.1 Å². The first-order valence-corrected chi connectivity index (χ1v) is 7.55. The molecule has 0 aliphatic carbocycles. The molecular weight excluding hydrogens is 341 g/mol. The van der Waals surface area contributed by atoms with Crippen LogP contribution in [0.1, 0.15) is 10.4 Å². The fourth-order valence-electron chi connectivity index (χ4n) is 2.38. The average Bonchev–Trinajstić information content (AvgIpc) is 2.62. The first-order valence-electron chi connectivity index (χ1n) is 7.55. The molecule has 0 spiro atoms. The fourth-order valence-corrected chi connectivity index (χ4v) is 2.38. The Hall–Kier alpha value is -3.68. The highest BCUT2D eigenvalue weighted by molar-refractivity contribution is 6.03. The van der Waals surface area contributed by atoms with Crippen molar-refractivity contribution in [3.05, 3.63) is 86.9 Å². The molecule has 0 unspecified atom stereocenters. The summed E-state index contributed by atoms with van der Waals surface area (Å²) < 4.78 is 19.1. The summed E-state index contributed by atoms with van der Waals surface area (Å²) in [5.74, 6) is -0.852. The van der Waals surface area contributed by atoms with Crippen LogP contribution >= 0.6 is 0 Å². The maximum absolute atomic E-state index is 13.2. The minimum absolute atomic E-state index is 0.188. The number of amides is 1. The van der Waals surface area contributed by atoms with Crippen LogP contribution in [0.2, 0.25) is 0 Å². The van der Waals surface area contributed by atoms with Crippen LogP contribution in [0.15, 0.2) is 64.3 Å². The molecule has 0 atom stereocenters. The smallest absolute Gasteiger partial charge is 0.333 e. The summed E-state index contributed by atoms with van der Waals surface area (Å²) in [4.78, 5) is 39.5. The van der Waals surface area contributed by atoms with Gasteiger partial charge in [0.2, 0.25) is 0 Å². The van der Waals surface area contributed by atoms with Crippen LogP contribution in [-0.4, -0.2) is 22.6 Å². The molecule has 1 amide bonds. The Morgan fingerprint density at radius 1 is 1.15 bits per heavy atom. The lowest BCUT2D eigenvalue weighted by atomic mass is 10.2. The van der Waals surface area contributed by atoms with Gasteiger partial charge in [-0.3, -0.25) is 9.59 Å². The van der Waals surface area contributed by atoms with E-state index in [4.69, 9.17) is 4.74 Å². The van der Waals surface area contributed by atoms with Crippen molar-refractivity contribution in [1.29, 1.82) is 0 Å². The van der Waals surface area contributed by atoms with Crippen molar-refractivity contribution < 1.29 is 13.9 Å². The van der Waals surface area contributed by atoms with E-state index in [0.717, 1.165) is 16.8 Å². The summed E-state index contributed by atoms with van der Waals surface area (Å²) >= 11 is 0. The topological polar surface area (TPSA) is 93.2 Å². The summed E-state index contributed by atoms with van der Waals surface area (Å²) in [7, 11) is 1.45. The van der Waals surface area contributed by atoms with Gasteiger partial charge in [0.25, 0.3) is 11.5 Å². The summed E-state index contributed by atoms with van der Waals surface area (Å²) in [5.41, 5.74) is -1.37. The molecule has 0 fully saturated rings. The molecule has 0 bridgehead atoms. The highest BCUT2D eigenvalue weighted by Crippen LogP contribution is 2.14. The van der Waals surface area contributed by atoms with Crippen molar-refractivity contribution in [1.82, 2.24) is 9.55 Å². The molecular formula is C18H14FN3O4. The summed E-state index contributed by atoms with van der Waals surface area (Å²) in [5, 5.41) is 2.42. The van der Waals surface area contributed by atoms with Crippen molar-refractivity contribution in [3.63, 3.8) is 0 Å². The molecule has 7 nitrogen and oxygen atoms in total. The molecule has 2 N–H and O–H groups in total. The number of carbonyl (C=O) groups is 1. The molecule has 1 aromatic heterocycles. The minimum atomic E-state index is -0.809. The lowest BCUT2D eigenvalue weighted by Crippen LogP contribution is -2.38. The number of aromatic nitrogens is 2. The van der Waals surface area contributed by atoms with Crippen molar-refractivity contribution in [2.45, 2.75) is 0 Å². The van der Waals surface area contributed by atoms with Crippen molar-refractivity contribution >= 4 is 11.6 Å². The predicted octanol–water partition coefficient (Wildman–Crippen LogP) is 1.93. The zero-order chi connectivity index (χ0) is 18.7. The van der Waals surface area contributed by atoms with Gasteiger partial charge in [-0.1, -0.05) is 12.1 Å². The van der Waals surface area contributed by atoms with E-state index in [1.807, 2.05) is 0 Å². The number of halogens is 1. The number of H-pyrrole nitrogens is 1. The molecule has 1 heterocycles. The first-order chi connectivity index (χ1) is 12.5. The Morgan fingerprint density at radius 3 is 2.65 bits per heavy atom. The highest BCUT2D eigenvalue weighted by Gasteiger charge is 2.16. The van der Waals surface area contributed by atoms with Crippen molar-refractivity contribution in [3.8, 4) is 11.4 Å². The van der Waals surface area contributed by atoms with Crippen LogP contribution in [0, 0.1) is 5.82 Å². The Morgan fingerprint density at radius 2 is 1.92 bits per heavy atom. The van der Waals surface area contributed by atoms with Gasteiger partial charge < -0.3 is 15.0 Å². The van der Waals surface area contributed by atoms with E-state index in [2.05, 4.69) is 10.3 Å². The molecule has 3 aromatic rings. The number of rotatable bonds is 4. The maximum atomic E-state index is 13.2. The highest BCUT2D eigenvalue weighted by atomic mass is 19.1. The zero-order valence-corrected chi connectivity index (χ0v) is 13.7. The third kappa shape index (κ3) is 3.39. The lowest BCUT2D eigenvalue weighted by Gasteiger charge is -2.09. The number of anilines is 1.